The summed E-state index contributed by atoms with van der Waals surface area (Å²) in [5.41, 5.74) is 0.803. The quantitative estimate of drug-likeness (QED) is 0.838. The summed E-state index contributed by atoms with van der Waals surface area (Å²) in [6.45, 7) is 6.98. The molecule has 2 fully saturated rings. The summed E-state index contributed by atoms with van der Waals surface area (Å²) in [4.78, 5) is 4.80. The first-order chi connectivity index (χ1) is 11.2. The van der Waals surface area contributed by atoms with Gasteiger partial charge in [-0.15, -0.1) is 15.3 Å². The van der Waals surface area contributed by atoms with Crippen molar-refractivity contribution in [3.63, 3.8) is 0 Å². The number of hydrogen-bond acceptors (Lipinski definition) is 6. The lowest BCUT2D eigenvalue weighted by Crippen LogP contribution is -2.59. The van der Waals surface area contributed by atoms with Gasteiger partial charge in [-0.3, -0.25) is 4.90 Å². The minimum Gasteiger partial charge on any atom is -0.381 e. The van der Waals surface area contributed by atoms with Crippen LogP contribution in [0.4, 0.5) is 5.82 Å². The highest BCUT2D eigenvalue weighted by Gasteiger charge is 2.32. The van der Waals surface area contributed by atoms with Gasteiger partial charge in [-0.2, -0.15) is 4.52 Å². The zero-order valence-electron chi connectivity index (χ0n) is 13.9. The van der Waals surface area contributed by atoms with Gasteiger partial charge in [0.15, 0.2) is 11.5 Å². The van der Waals surface area contributed by atoms with Gasteiger partial charge in [-0.05, 0) is 44.9 Å². The summed E-state index contributed by atoms with van der Waals surface area (Å²) in [7, 11) is 2.23. The normalized spacial score (nSPS) is 22.7. The number of anilines is 1. The van der Waals surface area contributed by atoms with Gasteiger partial charge in [0.1, 0.15) is 5.82 Å². The van der Waals surface area contributed by atoms with E-state index in [2.05, 4.69) is 32.1 Å². The van der Waals surface area contributed by atoms with Crippen LogP contribution < -0.4 is 4.90 Å². The molecular weight excluding hydrogens is 292 g/mol. The summed E-state index contributed by atoms with van der Waals surface area (Å²) in [6.07, 6.45) is 2.50. The molecule has 7 nitrogen and oxygen atoms in total. The molecule has 2 aromatic heterocycles. The average Bonchev–Trinajstić information content (AvgIpc) is 2.88. The van der Waals surface area contributed by atoms with Crippen LogP contribution in [-0.4, -0.2) is 70.6 Å². The molecule has 0 radical (unpaired) electrons. The number of rotatable bonds is 4. The van der Waals surface area contributed by atoms with Crippen LogP contribution in [0.2, 0.25) is 0 Å². The molecule has 2 aliphatic heterocycles. The number of likely N-dealkylation sites (N-methyl/N-ethyl adjacent to an activating group) is 1. The van der Waals surface area contributed by atoms with Gasteiger partial charge >= 0.3 is 0 Å². The molecule has 1 unspecified atom stereocenters. The fourth-order valence-corrected chi connectivity index (χ4v) is 3.48. The standard InChI is InChI=1S/C16H24N6O/c1-12-17-18-15-5-6-16(19-22(12)15)21-9-14(10-21)20(2)8-13-4-3-7-23-11-13/h5-6,13-14H,3-4,7-11H2,1-2H3. The lowest BCUT2D eigenvalue weighted by molar-refractivity contribution is 0.0339. The molecule has 23 heavy (non-hydrogen) atoms. The fourth-order valence-electron chi connectivity index (χ4n) is 3.48. The Balaban J connectivity index is 1.35. The van der Waals surface area contributed by atoms with Crippen LogP contribution in [0.25, 0.3) is 5.65 Å². The van der Waals surface area contributed by atoms with Crippen LogP contribution in [0.5, 0.6) is 0 Å². The van der Waals surface area contributed by atoms with Gasteiger partial charge in [0.05, 0.1) is 6.61 Å². The first-order valence-corrected chi connectivity index (χ1v) is 8.43. The van der Waals surface area contributed by atoms with Gasteiger partial charge in [-0.25, -0.2) is 0 Å². The van der Waals surface area contributed by atoms with Crippen molar-refractivity contribution in [2.24, 2.45) is 5.92 Å². The Labute approximate surface area is 136 Å². The van der Waals surface area contributed by atoms with E-state index < -0.39 is 0 Å². The topological polar surface area (TPSA) is 58.8 Å². The fraction of sp³-hybridized carbons (Fsp3) is 0.688. The summed E-state index contributed by atoms with van der Waals surface area (Å²) in [5.74, 6) is 2.52. The molecule has 124 valence electrons. The van der Waals surface area contributed by atoms with Crippen molar-refractivity contribution < 1.29 is 4.74 Å². The Kier molecular flexibility index (Phi) is 3.90. The van der Waals surface area contributed by atoms with Crippen molar-refractivity contribution in [2.45, 2.75) is 25.8 Å². The van der Waals surface area contributed by atoms with Crippen LogP contribution in [0.1, 0.15) is 18.7 Å². The molecule has 2 aromatic rings. The molecular formula is C16H24N6O. The largest absolute Gasteiger partial charge is 0.381 e. The molecule has 0 aliphatic carbocycles. The maximum absolute atomic E-state index is 5.59. The summed E-state index contributed by atoms with van der Waals surface area (Å²) < 4.78 is 7.40. The number of aryl methyl sites for hydroxylation is 1. The van der Waals surface area contributed by atoms with Crippen molar-refractivity contribution in [3.05, 3.63) is 18.0 Å². The third-order valence-corrected chi connectivity index (χ3v) is 5.02. The van der Waals surface area contributed by atoms with Gasteiger partial charge in [-0.1, -0.05) is 0 Å². The van der Waals surface area contributed by atoms with E-state index in [0.29, 0.717) is 12.0 Å². The van der Waals surface area contributed by atoms with E-state index >= 15 is 0 Å². The zero-order chi connectivity index (χ0) is 15.8. The minimum absolute atomic E-state index is 0.608. The number of aromatic nitrogens is 4. The highest BCUT2D eigenvalue weighted by molar-refractivity contribution is 5.47. The van der Waals surface area contributed by atoms with Crippen LogP contribution in [0.3, 0.4) is 0 Å². The molecule has 7 heteroatoms. The zero-order valence-corrected chi connectivity index (χ0v) is 13.9. The maximum atomic E-state index is 5.59. The maximum Gasteiger partial charge on any atom is 0.178 e. The van der Waals surface area contributed by atoms with E-state index in [1.54, 1.807) is 0 Å². The molecule has 1 atom stereocenters. The van der Waals surface area contributed by atoms with Gasteiger partial charge in [0.2, 0.25) is 0 Å². The van der Waals surface area contributed by atoms with Crippen LogP contribution in [0, 0.1) is 12.8 Å². The van der Waals surface area contributed by atoms with E-state index in [1.165, 1.54) is 12.8 Å². The summed E-state index contributed by atoms with van der Waals surface area (Å²) in [5, 5.41) is 12.8. The number of ether oxygens (including phenoxy) is 1. The number of nitrogens with zero attached hydrogens (tertiary/aromatic N) is 6. The highest BCUT2D eigenvalue weighted by atomic mass is 16.5. The second-order valence-corrected chi connectivity index (χ2v) is 6.79. The van der Waals surface area contributed by atoms with E-state index in [0.717, 1.165) is 50.1 Å². The van der Waals surface area contributed by atoms with E-state index in [4.69, 9.17) is 4.74 Å². The average molecular weight is 316 g/mol. The Morgan fingerprint density at radius 3 is 2.96 bits per heavy atom. The first kappa shape index (κ1) is 14.8. The molecule has 2 saturated heterocycles. The van der Waals surface area contributed by atoms with E-state index in [1.807, 2.05) is 23.6 Å². The molecule has 0 spiro atoms. The monoisotopic (exact) mass is 316 g/mol. The van der Waals surface area contributed by atoms with Crippen molar-refractivity contribution in [2.75, 3.05) is 44.8 Å². The van der Waals surface area contributed by atoms with E-state index in [-0.39, 0.29) is 0 Å². The van der Waals surface area contributed by atoms with Crippen molar-refractivity contribution in [1.29, 1.82) is 0 Å². The van der Waals surface area contributed by atoms with Crippen LogP contribution >= 0.6 is 0 Å². The Morgan fingerprint density at radius 1 is 1.30 bits per heavy atom. The molecule has 0 aromatic carbocycles. The molecule has 4 rings (SSSR count). The smallest absolute Gasteiger partial charge is 0.178 e. The van der Waals surface area contributed by atoms with Crippen molar-refractivity contribution in [1.82, 2.24) is 24.7 Å². The molecule has 2 aliphatic rings. The molecule has 0 saturated carbocycles. The third kappa shape index (κ3) is 2.90. The van der Waals surface area contributed by atoms with Gasteiger partial charge in [0.25, 0.3) is 0 Å². The van der Waals surface area contributed by atoms with Crippen molar-refractivity contribution >= 4 is 11.5 Å². The van der Waals surface area contributed by atoms with Crippen LogP contribution in [-0.2, 0) is 4.74 Å². The second-order valence-electron chi connectivity index (χ2n) is 6.79. The Hall–Kier alpha value is -1.73. The van der Waals surface area contributed by atoms with Crippen molar-refractivity contribution in [3.8, 4) is 0 Å². The highest BCUT2D eigenvalue weighted by Crippen LogP contribution is 2.23. The van der Waals surface area contributed by atoms with Gasteiger partial charge < -0.3 is 9.64 Å². The molecule has 0 amide bonds. The van der Waals surface area contributed by atoms with Crippen LogP contribution in [0.15, 0.2) is 12.1 Å². The second kappa shape index (κ2) is 6.05. The summed E-state index contributed by atoms with van der Waals surface area (Å²) >= 11 is 0. The Morgan fingerprint density at radius 2 is 2.17 bits per heavy atom. The minimum atomic E-state index is 0.608. The molecule has 0 bridgehead atoms. The van der Waals surface area contributed by atoms with E-state index in [9.17, 15) is 0 Å². The third-order valence-electron chi connectivity index (χ3n) is 5.02. The first-order valence-electron chi connectivity index (χ1n) is 8.43. The lowest BCUT2D eigenvalue weighted by atomic mass is 9.99. The molecule has 4 heterocycles. The number of hydrogen-bond donors (Lipinski definition) is 0. The SMILES string of the molecule is Cc1nnc2ccc(N3CC(N(C)CC4CCCOC4)C3)nn12. The predicted octanol–water partition coefficient (Wildman–Crippen LogP) is 0.980. The summed E-state index contributed by atoms with van der Waals surface area (Å²) in [6, 6.07) is 4.63. The predicted molar refractivity (Wildman–Crippen MR) is 87.7 cm³/mol. The molecule has 0 N–H and O–H groups in total. The Bertz CT molecular complexity index is 674. The lowest BCUT2D eigenvalue weighted by Gasteiger charge is -2.45. The number of fused-ring (bicyclic) bond motifs is 1. The van der Waals surface area contributed by atoms with Gasteiger partial charge in [0, 0.05) is 32.3 Å².